The Labute approximate surface area is 77.7 Å². The standard InChI is InChI=1S/C7H12O2S2/c10-7(11)9-5-6-3-1-2-4-8-6/h6H,1-5H2,(H,10,11). The highest BCUT2D eigenvalue weighted by Crippen LogP contribution is 2.12. The van der Waals surface area contributed by atoms with E-state index in [9.17, 15) is 0 Å². The molecule has 1 heterocycles. The largest absolute Gasteiger partial charge is 0.476 e. The van der Waals surface area contributed by atoms with Crippen LogP contribution in [0.3, 0.4) is 0 Å². The maximum atomic E-state index is 5.41. The van der Waals surface area contributed by atoms with Gasteiger partial charge >= 0.3 is 0 Å². The average Bonchev–Trinajstić information content (AvgIpc) is 2.03. The molecule has 0 bridgehead atoms. The molecule has 0 aliphatic carbocycles. The predicted octanol–water partition coefficient (Wildman–Crippen LogP) is 1.79. The molecule has 11 heavy (non-hydrogen) atoms. The maximum Gasteiger partial charge on any atom is 0.216 e. The quantitative estimate of drug-likeness (QED) is 0.531. The number of rotatable bonds is 2. The van der Waals surface area contributed by atoms with Crippen LogP contribution < -0.4 is 0 Å². The number of hydrogen-bond acceptors (Lipinski definition) is 3. The molecule has 0 spiro atoms. The molecule has 1 rings (SSSR count). The molecule has 0 aromatic rings. The molecule has 2 nitrogen and oxygen atoms in total. The van der Waals surface area contributed by atoms with E-state index in [-0.39, 0.29) is 6.10 Å². The Morgan fingerprint density at radius 1 is 1.64 bits per heavy atom. The highest BCUT2D eigenvalue weighted by Gasteiger charge is 2.13. The summed E-state index contributed by atoms with van der Waals surface area (Å²) in [6.45, 7) is 1.41. The summed E-state index contributed by atoms with van der Waals surface area (Å²) in [5.74, 6) is 0. The van der Waals surface area contributed by atoms with Gasteiger partial charge in [-0.3, -0.25) is 0 Å². The molecule has 1 aliphatic rings. The highest BCUT2D eigenvalue weighted by molar-refractivity contribution is 8.10. The van der Waals surface area contributed by atoms with Gasteiger partial charge in [0.15, 0.2) is 0 Å². The maximum absolute atomic E-state index is 5.41. The lowest BCUT2D eigenvalue weighted by Crippen LogP contribution is -2.24. The number of hydrogen-bond donors (Lipinski definition) is 1. The van der Waals surface area contributed by atoms with E-state index in [0.29, 0.717) is 11.0 Å². The fourth-order valence-electron chi connectivity index (χ4n) is 1.10. The number of ether oxygens (including phenoxy) is 2. The summed E-state index contributed by atoms with van der Waals surface area (Å²) in [4.78, 5) is 0. The molecule has 4 heteroatoms. The van der Waals surface area contributed by atoms with Gasteiger partial charge < -0.3 is 9.47 Å². The van der Waals surface area contributed by atoms with Crippen LogP contribution in [-0.2, 0) is 9.47 Å². The van der Waals surface area contributed by atoms with Crippen molar-refractivity contribution in [3.05, 3.63) is 0 Å². The van der Waals surface area contributed by atoms with Gasteiger partial charge in [-0.15, -0.1) is 0 Å². The van der Waals surface area contributed by atoms with Crippen LogP contribution in [0.5, 0.6) is 0 Å². The summed E-state index contributed by atoms with van der Waals surface area (Å²) in [6.07, 6.45) is 3.71. The van der Waals surface area contributed by atoms with E-state index in [1.165, 1.54) is 12.8 Å². The Morgan fingerprint density at radius 2 is 2.45 bits per heavy atom. The molecule has 1 fully saturated rings. The summed E-state index contributed by atoms with van der Waals surface area (Å²) in [5.41, 5.74) is 0. The molecule has 0 amide bonds. The normalized spacial score (nSPS) is 24.6. The monoisotopic (exact) mass is 192 g/mol. The van der Waals surface area contributed by atoms with Gasteiger partial charge in [0.1, 0.15) is 6.61 Å². The van der Waals surface area contributed by atoms with Crippen molar-refractivity contribution in [1.29, 1.82) is 0 Å². The summed E-state index contributed by atoms with van der Waals surface area (Å²) in [6, 6.07) is 0. The zero-order valence-corrected chi connectivity index (χ0v) is 8.00. The van der Waals surface area contributed by atoms with Crippen molar-refractivity contribution in [3.63, 3.8) is 0 Å². The Kier molecular flexibility index (Phi) is 4.18. The first-order valence-electron chi connectivity index (χ1n) is 3.76. The lowest BCUT2D eigenvalue weighted by Gasteiger charge is -2.21. The van der Waals surface area contributed by atoms with Crippen LogP contribution in [0.25, 0.3) is 0 Å². The summed E-state index contributed by atoms with van der Waals surface area (Å²) in [5, 5.41) is 0. The van der Waals surface area contributed by atoms with Gasteiger partial charge in [0, 0.05) is 6.61 Å². The second kappa shape index (κ2) is 4.95. The second-order valence-corrected chi connectivity index (χ2v) is 3.65. The van der Waals surface area contributed by atoms with Gasteiger partial charge in [-0.2, -0.15) is 0 Å². The molecule has 1 atom stereocenters. The minimum atomic E-state index is 0.230. The van der Waals surface area contributed by atoms with Gasteiger partial charge in [0.25, 0.3) is 0 Å². The molecular weight excluding hydrogens is 180 g/mol. The second-order valence-electron chi connectivity index (χ2n) is 2.57. The minimum Gasteiger partial charge on any atom is -0.476 e. The Bertz CT molecular complexity index is 132. The molecule has 1 aliphatic heterocycles. The van der Waals surface area contributed by atoms with E-state index in [1.54, 1.807) is 0 Å². The van der Waals surface area contributed by atoms with Crippen molar-refractivity contribution in [2.45, 2.75) is 25.4 Å². The summed E-state index contributed by atoms with van der Waals surface area (Å²) < 4.78 is 10.8. The van der Waals surface area contributed by atoms with Crippen molar-refractivity contribution in [1.82, 2.24) is 0 Å². The fourth-order valence-corrected chi connectivity index (χ4v) is 1.25. The molecular formula is C7H12O2S2. The molecule has 1 saturated heterocycles. The van der Waals surface area contributed by atoms with Gasteiger partial charge in [-0.05, 0) is 31.5 Å². The van der Waals surface area contributed by atoms with Crippen molar-refractivity contribution >= 4 is 29.2 Å². The predicted molar refractivity (Wildman–Crippen MR) is 51.1 cm³/mol. The van der Waals surface area contributed by atoms with E-state index in [2.05, 4.69) is 24.8 Å². The van der Waals surface area contributed by atoms with Crippen LogP contribution in [0.1, 0.15) is 19.3 Å². The topological polar surface area (TPSA) is 18.5 Å². The molecule has 1 unspecified atom stereocenters. The summed E-state index contributed by atoms with van der Waals surface area (Å²) >= 11 is 8.50. The van der Waals surface area contributed by atoms with Gasteiger partial charge in [0.05, 0.1) is 6.10 Å². The molecule has 64 valence electrons. The molecule has 0 aromatic heterocycles. The molecule has 0 radical (unpaired) electrons. The van der Waals surface area contributed by atoms with Gasteiger partial charge in [0.2, 0.25) is 4.38 Å². The van der Waals surface area contributed by atoms with E-state index < -0.39 is 0 Å². The van der Waals surface area contributed by atoms with Crippen LogP contribution in [0, 0.1) is 0 Å². The van der Waals surface area contributed by atoms with Crippen LogP contribution in [0.2, 0.25) is 0 Å². The minimum absolute atomic E-state index is 0.230. The van der Waals surface area contributed by atoms with Crippen LogP contribution in [-0.4, -0.2) is 23.7 Å². The Balaban J connectivity index is 2.09. The van der Waals surface area contributed by atoms with E-state index in [0.717, 1.165) is 13.0 Å². The summed E-state index contributed by atoms with van der Waals surface area (Å²) in [7, 11) is 0. The zero-order chi connectivity index (χ0) is 8.10. The molecule has 0 aromatic carbocycles. The lowest BCUT2D eigenvalue weighted by atomic mass is 10.1. The Morgan fingerprint density at radius 3 is 3.00 bits per heavy atom. The third-order valence-electron chi connectivity index (χ3n) is 1.67. The van der Waals surface area contributed by atoms with Gasteiger partial charge in [-0.25, -0.2) is 0 Å². The molecule has 0 N–H and O–H groups in total. The van der Waals surface area contributed by atoms with E-state index in [1.807, 2.05) is 0 Å². The van der Waals surface area contributed by atoms with Crippen molar-refractivity contribution < 1.29 is 9.47 Å². The first-order chi connectivity index (χ1) is 5.29. The average molecular weight is 192 g/mol. The molecule has 0 saturated carbocycles. The van der Waals surface area contributed by atoms with Crippen LogP contribution in [0.4, 0.5) is 0 Å². The third kappa shape index (κ3) is 3.94. The van der Waals surface area contributed by atoms with Crippen LogP contribution >= 0.6 is 24.8 Å². The first kappa shape index (κ1) is 9.29. The van der Waals surface area contributed by atoms with Crippen molar-refractivity contribution in [2.24, 2.45) is 0 Å². The SMILES string of the molecule is S=C(S)OCC1CCCCO1. The zero-order valence-electron chi connectivity index (χ0n) is 6.28. The third-order valence-corrected chi connectivity index (χ3v) is 1.91. The van der Waals surface area contributed by atoms with E-state index in [4.69, 9.17) is 9.47 Å². The number of thiocarbonyl (C=S) groups is 1. The van der Waals surface area contributed by atoms with Crippen LogP contribution in [0.15, 0.2) is 0 Å². The first-order valence-corrected chi connectivity index (χ1v) is 4.62. The van der Waals surface area contributed by atoms with Crippen molar-refractivity contribution in [3.8, 4) is 0 Å². The van der Waals surface area contributed by atoms with Gasteiger partial charge in [-0.1, -0.05) is 12.6 Å². The van der Waals surface area contributed by atoms with E-state index >= 15 is 0 Å². The number of thiol groups is 1. The lowest BCUT2D eigenvalue weighted by molar-refractivity contribution is -0.0122. The van der Waals surface area contributed by atoms with Crippen molar-refractivity contribution in [2.75, 3.05) is 13.2 Å². The Hall–Kier alpha value is 0.200. The fraction of sp³-hybridized carbons (Fsp3) is 0.857. The highest BCUT2D eigenvalue weighted by atomic mass is 32.1. The smallest absolute Gasteiger partial charge is 0.216 e.